The molecular weight excluding hydrogens is 484 g/mol. The number of carbonyl (C=O) groups is 2. The minimum Gasteiger partial charge on any atom is -0.380 e. The van der Waals surface area contributed by atoms with Crippen LogP contribution < -0.4 is 10.6 Å². The number of hydrogen-bond donors (Lipinski definition) is 2. The zero-order chi connectivity index (χ0) is 23.2. The van der Waals surface area contributed by atoms with Crippen molar-refractivity contribution in [3.05, 3.63) is 58.1 Å². The molecule has 3 amide bonds. The minimum atomic E-state index is -0.595. The number of nitrogens with zero attached hydrogens (tertiary/aromatic N) is 2. The molecular formula is C25H29BrN4O3. The van der Waals surface area contributed by atoms with E-state index >= 15 is 0 Å². The van der Waals surface area contributed by atoms with Gasteiger partial charge >= 0.3 is 6.03 Å². The molecule has 1 saturated carbocycles. The van der Waals surface area contributed by atoms with E-state index in [1.54, 1.807) is 12.0 Å². The summed E-state index contributed by atoms with van der Waals surface area (Å²) in [6.07, 6.45) is 3.80. The lowest BCUT2D eigenvalue weighted by Crippen LogP contribution is -2.45. The molecule has 1 unspecified atom stereocenters. The van der Waals surface area contributed by atoms with Gasteiger partial charge in [-0.05, 0) is 73.8 Å². The maximum atomic E-state index is 13.2. The number of amides is 3. The van der Waals surface area contributed by atoms with Crippen LogP contribution in [-0.4, -0.2) is 60.1 Å². The summed E-state index contributed by atoms with van der Waals surface area (Å²) in [6.45, 7) is 1.32. The van der Waals surface area contributed by atoms with Crippen LogP contribution in [-0.2, 0) is 22.5 Å². The molecule has 174 valence electrons. The number of halogens is 1. The second-order valence-electron chi connectivity index (χ2n) is 9.43. The smallest absolute Gasteiger partial charge is 0.322 e. The Morgan fingerprint density at radius 1 is 1.06 bits per heavy atom. The van der Waals surface area contributed by atoms with Gasteiger partial charge in [0.25, 0.3) is 0 Å². The summed E-state index contributed by atoms with van der Waals surface area (Å²) in [5.74, 6) is -0.186. The number of carbonyl (C=O) groups excluding carboxylic acids is 2. The van der Waals surface area contributed by atoms with Crippen molar-refractivity contribution in [2.75, 3.05) is 31.3 Å². The van der Waals surface area contributed by atoms with Gasteiger partial charge in [0.15, 0.2) is 0 Å². The zero-order valence-electron chi connectivity index (χ0n) is 18.9. The fourth-order valence-corrected chi connectivity index (χ4v) is 5.30. The van der Waals surface area contributed by atoms with Crippen molar-refractivity contribution in [3.8, 4) is 0 Å². The van der Waals surface area contributed by atoms with E-state index in [1.807, 2.05) is 30.3 Å². The summed E-state index contributed by atoms with van der Waals surface area (Å²) in [5.41, 5.74) is 4.41. The van der Waals surface area contributed by atoms with Crippen molar-refractivity contribution in [3.63, 3.8) is 0 Å². The summed E-state index contributed by atoms with van der Waals surface area (Å²) in [6, 6.07) is 12.6. The summed E-state index contributed by atoms with van der Waals surface area (Å²) < 4.78 is 6.42. The Bertz CT molecular complexity index is 1070. The first kappa shape index (κ1) is 22.4. The fourth-order valence-electron chi connectivity index (χ4n) is 5.03. The number of nitrogens with one attached hydrogen (secondary N) is 2. The predicted octanol–water partition coefficient (Wildman–Crippen LogP) is 4.23. The third-order valence-electron chi connectivity index (χ3n) is 7.29. The van der Waals surface area contributed by atoms with E-state index in [4.69, 9.17) is 4.74 Å². The Kier molecular flexibility index (Phi) is 5.93. The lowest BCUT2D eigenvalue weighted by molar-refractivity contribution is -0.119. The summed E-state index contributed by atoms with van der Waals surface area (Å²) in [5, 5.41) is 5.95. The lowest BCUT2D eigenvalue weighted by atomic mass is 9.92. The highest BCUT2D eigenvalue weighted by atomic mass is 79.9. The topological polar surface area (TPSA) is 73.9 Å². The first-order chi connectivity index (χ1) is 15.9. The number of benzene rings is 2. The molecule has 2 atom stereocenters. The SMILES string of the molecule is COC1C[C@H](C(=O)Nc2ccc3c(c2)CC2(CC2)N(C)C3)N(C(=O)Nc2ccc(Br)cc2)C1. The monoisotopic (exact) mass is 512 g/mol. The van der Waals surface area contributed by atoms with Gasteiger partial charge in [0.05, 0.1) is 6.10 Å². The van der Waals surface area contributed by atoms with E-state index in [0.717, 1.165) is 23.1 Å². The number of likely N-dealkylation sites (N-methyl/N-ethyl adjacent to an activating group) is 1. The van der Waals surface area contributed by atoms with E-state index in [2.05, 4.69) is 50.6 Å². The molecule has 0 bridgehead atoms. The molecule has 0 radical (unpaired) electrons. The third-order valence-corrected chi connectivity index (χ3v) is 7.82. The number of anilines is 2. The third kappa shape index (κ3) is 4.52. The predicted molar refractivity (Wildman–Crippen MR) is 131 cm³/mol. The second kappa shape index (κ2) is 8.74. The van der Waals surface area contributed by atoms with Crippen molar-refractivity contribution < 1.29 is 14.3 Å². The van der Waals surface area contributed by atoms with Crippen molar-refractivity contribution >= 4 is 39.2 Å². The normalized spacial score (nSPS) is 23.3. The Labute approximate surface area is 202 Å². The van der Waals surface area contributed by atoms with Gasteiger partial charge in [-0.15, -0.1) is 0 Å². The highest BCUT2D eigenvalue weighted by molar-refractivity contribution is 9.10. The first-order valence-electron chi connectivity index (χ1n) is 11.4. The van der Waals surface area contributed by atoms with Crippen molar-refractivity contribution in [1.29, 1.82) is 0 Å². The molecule has 2 fully saturated rings. The van der Waals surface area contributed by atoms with Crippen LogP contribution in [0.25, 0.3) is 0 Å². The van der Waals surface area contributed by atoms with Gasteiger partial charge in [-0.25, -0.2) is 4.79 Å². The van der Waals surface area contributed by atoms with Gasteiger partial charge in [0.2, 0.25) is 5.91 Å². The van der Waals surface area contributed by atoms with Gasteiger partial charge in [-0.2, -0.15) is 0 Å². The van der Waals surface area contributed by atoms with E-state index < -0.39 is 6.04 Å². The molecule has 7 nitrogen and oxygen atoms in total. The molecule has 5 rings (SSSR count). The molecule has 2 aromatic rings. The summed E-state index contributed by atoms with van der Waals surface area (Å²) in [4.78, 5) is 30.3. The molecule has 2 N–H and O–H groups in total. The lowest BCUT2D eigenvalue weighted by Gasteiger charge is -2.34. The number of ether oxygens (including phenoxy) is 1. The molecule has 2 aliphatic heterocycles. The maximum Gasteiger partial charge on any atom is 0.322 e. The van der Waals surface area contributed by atoms with Crippen LogP contribution in [0, 0.1) is 0 Å². The molecule has 1 saturated heterocycles. The van der Waals surface area contributed by atoms with E-state index in [0.29, 0.717) is 24.2 Å². The van der Waals surface area contributed by atoms with Gasteiger partial charge in [0, 0.05) is 48.0 Å². The minimum absolute atomic E-state index is 0.176. The number of rotatable bonds is 4. The van der Waals surface area contributed by atoms with Crippen LogP contribution in [0.2, 0.25) is 0 Å². The van der Waals surface area contributed by atoms with Crippen LogP contribution in [0.15, 0.2) is 46.9 Å². The van der Waals surface area contributed by atoms with Crippen LogP contribution in [0.5, 0.6) is 0 Å². The number of urea groups is 1. The number of hydrogen-bond acceptors (Lipinski definition) is 4. The Morgan fingerprint density at radius 2 is 1.79 bits per heavy atom. The van der Waals surface area contributed by atoms with Crippen molar-refractivity contribution in [1.82, 2.24) is 9.80 Å². The quantitative estimate of drug-likeness (QED) is 0.642. The average Bonchev–Trinajstić information content (AvgIpc) is 3.43. The largest absolute Gasteiger partial charge is 0.380 e. The summed E-state index contributed by atoms with van der Waals surface area (Å²) >= 11 is 3.40. The Balaban J connectivity index is 1.29. The van der Waals surface area contributed by atoms with E-state index in [-0.39, 0.29) is 18.0 Å². The first-order valence-corrected chi connectivity index (χ1v) is 12.2. The molecule has 2 heterocycles. The van der Waals surface area contributed by atoms with Crippen LogP contribution in [0.3, 0.4) is 0 Å². The molecule has 3 aliphatic rings. The molecule has 2 aromatic carbocycles. The van der Waals surface area contributed by atoms with Gasteiger partial charge in [0.1, 0.15) is 6.04 Å². The highest BCUT2D eigenvalue weighted by Crippen LogP contribution is 2.47. The molecule has 1 aliphatic carbocycles. The second-order valence-corrected chi connectivity index (χ2v) is 10.3. The average molecular weight is 513 g/mol. The van der Waals surface area contributed by atoms with Crippen LogP contribution in [0.1, 0.15) is 30.4 Å². The number of likely N-dealkylation sites (tertiary alicyclic amines) is 1. The van der Waals surface area contributed by atoms with Gasteiger partial charge in [-0.1, -0.05) is 22.0 Å². The highest BCUT2D eigenvalue weighted by Gasteiger charge is 2.48. The van der Waals surface area contributed by atoms with Crippen molar-refractivity contribution in [2.45, 2.75) is 49.9 Å². The maximum absolute atomic E-state index is 13.2. The van der Waals surface area contributed by atoms with Crippen LogP contribution in [0.4, 0.5) is 16.2 Å². The van der Waals surface area contributed by atoms with Crippen molar-refractivity contribution in [2.24, 2.45) is 0 Å². The van der Waals surface area contributed by atoms with Crippen LogP contribution >= 0.6 is 15.9 Å². The van der Waals surface area contributed by atoms with Gasteiger partial charge < -0.3 is 20.3 Å². The van der Waals surface area contributed by atoms with Gasteiger partial charge in [-0.3, -0.25) is 9.69 Å². The summed E-state index contributed by atoms with van der Waals surface area (Å²) in [7, 11) is 3.82. The molecule has 1 spiro atoms. The molecule has 8 heteroatoms. The number of methoxy groups -OCH3 is 1. The van der Waals surface area contributed by atoms with E-state index in [9.17, 15) is 9.59 Å². The molecule has 0 aromatic heterocycles. The standard InChI is InChI=1S/C25H29BrN4O3/c1-29-14-16-3-6-20(11-17(16)13-25(29)9-10-25)27-23(31)22-12-21(33-2)15-30(22)24(32)28-19-7-4-18(26)5-8-19/h3-8,11,21-22H,9-10,12-15H2,1-2H3,(H,27,31)(H,28,32)/t21?,22-/m1/s1. The number of fused-ring (bicyclic) bond motifs is 1. The van der Waals surface area contributed by atoms with E-state index in [1.165, 1.54) is 24.0 Å². The molecule has 33 heavy (non-hydrogen) atoms. The Morgan fingerprint density at radius 3 is 2.48 bits per heavy atom. The Hall–Kier alpha value is -2.42. The fraction of sp³-hybridized carbons (Fsp3) is 0.440. The zero-order valence-corrected chi connectivity index (χ0v) is 20.5.